The predicted molar refractivity (Wildman–Crippen MR) is 145 cm³/mol. The molecule has 3 N–H and O–H groups in total. The van der Waals surface area contributed by atoms with Gasteiger partial charge in [-0.05, 0) is 47.9 Å². The molecule has 0 saturated carbocycles. The minimum atomic E-state index is -3.92. The van der Waals surface area contributed by atoms with E-state index in [1.807, 2.05) is 66.7 Å². The Balaban J connectivity index is 1.83. The van der Waals surface area contributed by atoms with Gasteiger partial charge in [0.25, 0.3) is 0 Å². The molecule has 7 nitrogen and oxygen atoms in total. The molecule has 0 aliphatic heterocycles. The average molecular weight is 525 g/mol. The van der Waals surface area contributed by atoms with Crippen LogP contribution < -0.4 is 4.72 Å². The van der Waals surface area contributed by atoms with Crippen LogP contribution >= 0.6 is 0 Å². The van der Waals surface area contributed by atoms with E-state index < -0.39 is 28.3 Å². The fourth-order valence-electron chi connectivity index (χ4n) is 4.24. The van der Waals surface area contributed by atoms with Crippen molar-refractivity contribution >= 4 is 16.1 Å². The highest BCUT2D eigenvalue weighted by Crippen LogP contribution is 2.20. The fraction of sp³-hybridized carbons (Fsp3) is 0.345. The number of sulfonamides is 1. The number of rotatable bonds is 13. The van der Waals surface area contributed by atoms with Crippen LogP contribution in [-0.4, -0.2) is 48.3 Å². The minimum Gasteiger partial charge on any atom is -0.465 e. The summed E-state index contributed by atoms with van der Waals surface area (Å²) in [5, 5.41) is 21.2. The maximum atomic E-state index is 13.2. The van der Waals surface area contributed by atoms with Gasteiger partial charge in [0.2, 0.25) is 10.0 Å². The Morgan fingerprint density at radius 2 is 1.46 bits per heavy atom. The molecule has 0 heterocycles. The Hall–Kier alpha value is -3.20. The SMILES string of the molecule is CC(C)CCc1ccccc1S(=O)(=O)NC[C@@H](O)[C@H](Cc1ccccc1)N(Cc1ccccc1)C(=O)O. The van der Waals surface area contributed by atoms with Crippen molar-refractivity contribution in [3.8, 4) is 0 Å². The summed E-state index contributed by atoms with van der Waals surface area (Å²) in [6, 6.07) is 24.4. The second kappa shape index (κ2) is 13.4. The van der Waals surface area contributed by atoms with E-state index in [4.69, 9.17) is 0 Å². The lowest BCUT2D eigenvalue weighted by Gasteiger charge is -2.33. The molecule has 0 saturated heterocycles. The van der Waals surface area contributed by atoms with Crippen molar-refractivity contribution < 1.29 is 23.4 Å². The number of carboxylic acid groups (broad SMARTS) is 1. The number of aliphatic hydroxyl groups is 1. The van der Waals surface area contributed by atoms with E-state index in [1.165, 1.54) is 4.90 Å². The first-order valence-corrected chi connectivity index (χ1v) is 14.0. The molecule has 0 spiro atoms. The summed E-state index contributed by atoms with van der Waals surface area (Å²) in [5.41, 5.74) is 2.33. The van der Waals surface area contributed by atoms with Crippen molar-refractivity contribution in [1.29, 1.82) is 0 Å². The van der Waals surface area contributed by atoms with Gasteiger partial charge in [0.05, 0.1) is 17.0 Å². The van der Waals surface area contributed by atoms with E-state index >= 15 is 0 Å². The third-order valence-corrected chi connectivity index (χ3v) is 7.83. The smallest absolute Gasteiger partial charge is 0.407 e. The van der Waals surface area contributed by atoms with Gasteiger partial charge in [-0.1, -0.05) is 92.7 Å². The molecule has 0 aliphatic rings. The van der Waals surface area contributed by atoms with Gasteiger partial charge in [0, 0.05) is 13.1 Å². The summed E-state index contributed by atoms with van der Waals surface area (Å²) in [6.07, 6.45) is -0.768. The lowest BCUT2D eigenvalue weighted by atomic mass is 9.99. The number of benzene rings is 3. The molecule has 3 aromatic carbocycles. The molecule has 0 fully saturated rings. The average Bonchev–Trinajstić information content (AvgIpc) is 2.89. The molecule has 2 atom stereocenters. The van der Waals surface area contributed by atoms with Gasteiger partial charge in [-0.3, -0.25) is 4.90 Å². The second-order valence-corrected chi connectivity index (χ2v) is 11.3. The summed E-state index contributed by atoms with van der Waals surface area (Å²) in [5.74, 6) is 0.427. The molecule has 0 aromatic heterocycles. The molecular weight excluding hydrogens is 488 g/mol. The number of aryl methyl sites for hydroxylation is 1. The topological polar surface area (TPSA) is 107 Å². The van der Waals surface area contributed by atoms with Gasteiger partial charge in [0.15, 0.2) is 0 Å². The lowest BCUT2D eigenvalue weighted by Crippen LogP contribution is -2.51. The molecule has 0 aliphatic carbocycles. The van der Waals surface area contributed by atoms with Crippen molar-refractivity contribution in [3.05, 3.63) is 102 Å². The molecule has 1 amide bonds. The molecule has 8 heteroatoms. The van der Waals surface area contributed by atoms with E-state index in [0.29, 0.717) is 12.3 Å². The number of carbonyl (C=O) groups is 1. The van der Waals surface area contributed by atoms with Crippen LogP contribution in [0.25, 0.3) is 0 Å². The number of nitrogens with zero attached hydrogens (tertiary/aromatic N) is 1. The van der Waals surface area contributed by atoms with E-state index in [-0.39, 0.29) is 24.4 Å². The van der Waals surface area contributed by atoms with Crippen LogP contribution in [0.5, 0.6) is 0 Å². The number of hydrogen-bond acceptors (Lipinski definition) is 4. The molecule has 3 rings (SSSR count). The van der Waals surface area contributed by atoms with Crippen molar-refractivity contribution in [3.63, 3.8) is 0 Å². The second-order valence-electron chi connectivity index (χ2n) is 9.61. The predicted octanol–water partition coefficient (Wildman–Crippen LogP) is 4.71. The van der Waals surface area contributed by atoms with Gasteiger partial charge >= 0.3 is 6.09 Å². The van der Waals surface area contributed by atoms with Crippen LogP contribution in [0.1, 0.15) is 37.0 Å². The van der Waals surface area contributed by atoms with E-state index in [1.54, 1.807) is 18.2 Å². The Bertz CT molecular complexity index is 1230. The highest BCUT2D eigenvalue weighted by Gasteiger charge is 2.31. The monoisotopic (exact) mass is 524 g/mol. The van der Waals surface area contributed by atoms with Gasteiger partial charge in [0.1, 0.15) is 0 Å². The normalized spacial score (nSPS) is 13.3. The Morgan fingerprint density at radius 3 is 2.05 bits per heavy atom. The quantitative estimate of drug-likeness (QED) is 0.300. The van der Waals surface area contributed by atoms with Crippen LogP contribution in [0, 0.1) is 5.92 Å². The summed E-state index contributed by atoms with van der Waals surface area (Å²) in [6.45, 7) is 3.91. The van der Waals surface area contributed by atoms with Crippen molar-refractivity contribution in [2.75, 3.05) is 6.54 Å². The van der Waals surface area contributed by atoms with Crippen LogP contribution in [0.3, 0.4) is 0 Å². The first-order valence-electron chi connectivity index (χ1n) is 12.5. The summed E-state index contributed by atoms with van der Waals surface area (Å²) >= 11 is 0. The molecule has 3 aromatic rings. The van der Waals surface area contributed by atoms with Crippen molar-refractivity contribution in [2.45, 2.75) is 56.7 Å². The van der Waals surface area contributed by atoms with Crippen LogP contribution in [0.4, 0.5) is 4.79 Å². The zero-order chi connectivity index (χ0) is 26.8. The highest BCUT2D eigenvalue weighted by molar-refractivity contribution is 7.89. The van der Waals surface area contributed by atoms with E-state index in [2.05, 4.69) is 18.6 Å². The molecule has 37 heavy (non-hydrogen) atoms. The van der Waals surface area contributed by atoms with E-state index in [9.17, 15) is 23.4 Å². The fourth-order valence-corrected chi connectivity index (χ4v) is 5.56. The largest absolute Gasteiger partial charge is 0.465 e. The molecule has 198 valence electrons. The highest BCUT2D eigenvalue weighted by atomic mass is 32.2. The Kier molecular flexibility index (Phi) is 10.3. The lowest BCUT2D eigenvalue weighted by molar-refractivity contribution is 0.0469. The molecular formula is C29H36N2O5S. The molecule has 0 bridgehead atoms. The summed E-state index contributed by atoms with van der Waals surface area (Å²) in [4.78, 5) is 13.7. The zero-order valence-corrected chi connectivity index (χ0v) is 22.1. The van der Waals surface area contributed by atoms with Gasteiger partial charge < -0.3 is 10.2 Å². The Morgan fingerprint density at radius 1 is 0.892 bits per heavy atom. The number of amides is 1. The zero-order valence-electron chi connectivity index (χ0n) is 21.3. The standard InChI is InChI=1S/C29H36N2O5S/c1-22(2)17-18-25-15-9-10-16-28(25)37(35,36)30-20-27(32)26(19-23-11-5-3-6-12-23)31(29(33)34)21-24-13-7-4-8-14-24/h3-16,22,26-27,30,32H,17-21H2,1-2H3,(H,33,34)/t26-,27+/m0/s1. The summed E-state index contributed by atoms with van der Waals surface area (Å²) in [7, 11) is -3.92. The number of aliphatic hydroxyl groups excluding tert-OH is 1. The van der Waals surface area contributed by atoms with Gasteiger partial charge in [-0.25, -0.2) is 17.9 Å². The third kappa shape index (κ3) is 8.42. The number of nitrogens with one attached hydrogen (secondary N) is 1. The first-order chi connectivity index (χ1) is 17.7. The van der Waals surface area contributed by atoms with Gasteiger partial charge in [-0.15, -0.1) is 0 Å². The van der Waals surface area contributed by atoms with Crippen LogP contribution in [-0.2, 0) is 29.4 Å². The van der Waals surface area contributed by atoms with E-state index in [0.717, 1.165) is 23.1 Å². The minimum absolute atomic E-state index is 0.0650. The maximum absolute atomic E-state index is 13.2. The first kappa shape index (κ1) is 28.4. The molecule has 0 radical (unpaired) electrons. The van der Waals surface area contributed by atoms with Crippen LogP contribution in [0.15, 0.2) is 89.8 Å². The third-order valence-electron chi connectivity index (χ3n) is 6.31. The van der Waals surface area contributed by atoms with Gasteiger partial charge in [-0.2, -0.15) is 0 Å². The summed E-state index contributed by atoms with van der Waals surface area (Å²) < 4.78 is 29.0. The Labute approximate surface area is 219 Å². The van der Waals surface area contributed by atoms with Crippen molar-refractivity contribution in [1.82, 2.24) is 9.62 Å². The van der Waals surface area contributed by atoms with Crippen LogP contribution in [0.2, 0.25) is 0 Å². The maximum Gasteiger partial charge on any atom is 0.407 e. The van der Waals surface area contributed by atoms with Crippen molar-refractivity contribution in [2.24, 2.45) is 5.92 Å². The number of hydrogen-bond donors (Lipinski definition) is 3. The molecule has 0 unspecified atom stereocenters.